The van der Waals surface area contributed by atoms with Crippen LogP contribution in [-0.4, -0.2) is 0 Å². The number of rotatable bonds is 0. The van der Waals surface area contributed by atoms with Crippen molar-refractivity contribution in [2.45, 2.75) is 0 Å². The molecule has 1 aromatic carbocycles. The maximum absolute atomic E-state index is 5.26. The van der Waals surface area contributed by atoms with Crippen molar-refractivity contribution in [2.75, 3.05) is 0 Å². The number of nitrogens with zero attached hydrogens (tertiary/aromatic N) is 2. The van der Waals surface area contributed by atoms with Gasteiger partial charge in [0.1, 0.15) is 0 Å². The molecule has 0 bridgehead atoms. The van der Waals surface area contributed by atoms with Gasteiger partial charge in [-0.15, -0.1) is 5.11 Å². The van der Waals surface area contributed by atoms with Gasteiger partial charge in [0, 0.05) is 10.8 Å². The first-order valence-corrected chi connectivity index (χ1v) is 5.96. The van der Waals surface area contributed by atoms with E-state index in [4.69, 9.17) is 4.84 Å². The Labute approximate surface area is 112 Å². The minimum absolute atomic E-state index is 0.672. The minimum atomic E-state index is 0.672. The van der Waals surface area contributed by atoms with Gasteiger partial charge in [-0.3, -0.25) is 0 Å². The molecular formula is C16H14N2O. The van der Waals surface area contributed by atoms with Gasteiger partial charge in [-0.1, -0.05) is 66.8 Å². The molecule has 0 spiro atoms. The van der Waals surface area contributed by atoms with E-state index in [9.17, 15) is 0 Å². The van der Waals surface area contributed by atoms with Crippen molar-refractivity contribution in [3.8, 4) is 5.75 Å². The second kappa shape index (κ2) is 7.61. The highest BCUT2D eigenvalue weighted by Crippen LogP contribution is 2.19. The van der Waals surface area contributed by atoms with E-state index in [1.807, 2.05) is 72.9 Å². The first-order valence-electron chi connectivity index (χ1n) is 5.96. The lowest BCUT2D eigenvalue weighted by atomic mass is 10.2. The van der Waals surface area contributed by atoms with Crippen LogP contribution in [0.3, 0.4) is 0 Å². The van der Waals surface area contributed by atoms with Crippen LogP contribution in [0.25, 0.3) is 6.08 Å². The van der Waals surface area contributed by atoms with Crippen molar-refractivity contribution in [1.82, 2.24) is 0 Å². The zero-order chi connectivity index (χ0) is 13.2. The van der Waals surface area contributed by atoms with Gasteiger partial charge in [0.05, 0.1) is 6.20 Å². The van der Waals surface area contributed by atoms with Crippen LogP contribution in [0.15, 0.2) is 89.5 Å². The van der Waals surface area contributed by atoms with Crippen LogP contribution in [0.5, 0.6) is 5.75 Å². The zero-order valence-electron chi connectivity index (χ0n) is 10.4. The summed E-state index contributed by atoms with van der Waals surface area (Å²) in [5.74, 6) is 0.672. The summed E-state index contributed by atoms with van der Waals surface area (Å²) >= 11 is 0. The van der Waals surface area contributed by atoms with E-state index in [1.54, 1.807) is 12.3 Å². The molecule has 94 valence electrons. The van der Waals surface area contributed by atoms with Gasteiger partial charge in [0.15, 0.2) is 5.75 Å². The van der Waals surface area contributed by atoms with Crippen molar-refractivity contribution >= 4 is 6.08 Å². The lowest BCUT2D eigenvalue weighted by Gasteiger charge is -2.00. The number of fused-ring (bicyclic) bond motifs is 1. The van der Waals surface area contributed by atoms with E-state index >= 15 is 0 Å². The molecule has 2 rings (SSSR count). The Kier molecular flexibility index (Phi) is 5.11. The van der Waals surface area contributed by atoms with Crippen LogP contribution >= 0.6 is 0 Å². The normalized spacial score (nSPS) is 24.6. The molecule has 0 aliphatic carbocycles. The molecule has 0 N–H and O–H groups in total. The third-order valence-corrected chi connectivity index (χ3v) is 2.31. The third-order valence-electron chi connectivity index (χ3n) is 2.31. The van der Waals surface area contributed by atoms with Gasteiger partial charge >= 0.3 is 0 Å². The first-order chi connectivity index (χ1) is 9.47. The molecule has 0 atom stereocenters. The van der Waals surface area contributed by atoms with Gasteiger partial charge < -0.3 is 4.84 Å². The second-order valence-electron chi connectivity index (χ2n) is 3.68. The monoisotopic (exact) mass is 250 g/mol. The molecule has 0 saturated carbocycles. The van der Waals surface area contributed by atoms with Gasteiger partial charge in [-0.2, -0.15) is 0 Å². The summed E-state index contributed by atoms with van der Waals surface area (Å²) in [6, 6.07) is 7.66. The number of para-hydroxylation sites is 1. The molecule has 0 fully saturated rings. The average Bonchev–Trinajstić information content (AvgIpc) is 2.45. The Bertz CT molecular complexity index is 578. The van der Waals surface area contributed by atoms with Crippen molar-refractivity contribution in [1.29, 1.82) is 0 Å². The Balaban J connectivity index is 2.26. The summed E-state index contributed by atoms with van der Waals surface area (Å²) < 4.78 is 0. The SMILES string of the molecule is C1=C\C=C/C=C/N=N\Oc2ccccc2/C=C\C=C/1. The quantitative estimate of drug-likeness (QED) is 0.660. The largest absolute Gasteiger partial charge is 0.339 e. The lowest BCUT2D eigenvalue weighted by Crippen LogP contribution is -1.84. The van der Waals surface area contributed by atoms with Crippen LogP contribution in [-0.2, 0) is 0 Å². The summed E-state index contributed by atoms with van der Waals surface area (Å²) in [6.07, 6.45) is 18.9. The van der Waals surface area contributed by atoms with Crippen LogP contribution in [0.2, 0.25) is 0 Å². The maximum atomic E-state index is 5.26. The topological polar surface area (TPSA) is 34.0 Å². The van der Waals surface area contributed by atoms with Crippen molar-refractivity contribution < 1.29 is 4.84 Å². The fourth-order valence-electron chi connectivity index (χ4n) is 1.43. The summed E-state index contributed by atoms with van der Waals surface area (Å²) in [4.78, 5) is 5.26. The molecule has 0 radical (unpaired) electrons. The highest BCUT2D eigenvalue weighted by molar-refractivity contribution is 5.58. The zero-order valence-corrected chi connectivity index (χ0v) is 10.4. The molecular weight excluding hydrogens is 236 g/mol. The number of hydrogen-bond acceptors (Lipinski definition) is 3. The second-order valence-corrected chi connectivity index (χ2v) is 3.68. The predicted molar refractivity (Wildman–Crippen MR) is 77.5 cm³/mol. The molecule has 3 heteroatoms. The summed E-state index contributed by atoms with van der Waals surface area (Å²) in [5.41, 5.74) is 0.951. The molecule has 1 aromatic rings. The van der Waals surface area contributed by atoms with E-state index < -0.39 is 0 Å². The van der Waals surface area contributed by atoms with Crippen LogP contribution in [0.4, 0.5) is 0 Å². The molecule has 19 heavy (non-hydrogen) atoms. The third kappa shape index (κ3) is 4.60. The van der Waals surface area contributed by atoms with E-state index in [-0.39, 0.29) is 0 Å². The van der Waals surface area contributed by atoms with Crippen molar-refractivity contribution in [3.05, 3.63) is 84.6 Å². The van der Waals surface area contributed by atoms with E-state index in [2.05, 4.69) is 10.4 Å². The Morgan fingerprint density at radius 3 is 2.26 bits per heavy atom. The smallest absolute Gasteiger partial charge is 0.167 e. The van der Waals surface area contributed by atoms with Crippen LogP contribution in [0, 0.1) is 0 Å². The lowest BCUT2D eigenvalue weighted by molar-refractivity contribution is 0.311. The van der Waals surface area contributed by atoms with E-state index in [1.165, 1.54) is 0 Å². The molecule has 0 unspecified atom stereocenters. The van der Waals surface area contributed by atoms with Crippen molar-refractivity contribution in [3.63, 3.8) is 0 Å². The number of benzene rings is 1. The molecule has 1 aliphatic rings. The first kappa shape index (κ1) is 12.8. The highest BCUT2D eigenvalue weighted by atomic mass is 16.6. The predicted octanol–water partition coefficient (Wildman–Crippen LogP) is 4.64. The van der Waals surface area contributed by atoms with Crippen molar-refractivity contribution in [2.24, 2.45) is 10.4 Å². The Morgan fingerprint density at radius 2 is 1.42 bits per heavy atom. The summed E-state index contributed by atoms with van der Waals surface area (Å²) in [5, 5.41) is 7.45. The molecule has 1 heterocycles. The van der Waals surface area contributed by atoms with Gasteiger partial charge in [-0.05, 0) is 12.1 Å². The van der Waals surface area contributed by atoms with Gasteiger partial charge in [0.2, 0.25) is 0 Å². The van der Waals surface area contributed by atoms with Crippen LogP contribution in [0.1, 0.15) is 5.56 Å². The standard InChI is InChI=1S/C16H14N2O/c1-2-4-6-10-14-17-18-19-16-13-9-8-12-15(16)11-7-5-3-1/h1-14H/b2-1-,5-3-,6-4-,11-7-,14-10+,18-17-. The summed E-state index contributed by atoms with van der Waals surface area (Å²) in [7, 11) is 0. The van der Waals surface area contributed by atoms with Gasteiger partial charge in [-0.25, -0.2) is 0 Å². The van der Waals surface area contributed by atoms with E-state index in [0.717, 1.165) is 5.56 Å². The maximum Gasteiger partial charge on any atom is 0.167 e. The fraction of sp³-hybridized carbons (Fsp3) is 0. The fourth-order valence-corrected chi connectivity index (χ4v) is 1.43. The van der Waals surface area contributed by atoms with E-state index in [0.29, 0.717) is 5.75 Å². The highest BCUT2D eigenvalue weighted by Gasteiger charge is 1.98. The molecule has 0 amide bonds. The Morgan fingerprint density at radius 1 is 0.737 bits per heavy atom. The molecule has 0 aromatic heterocycles. The van der Waals surface area contributed by atoms with Crippen LogP contribution < -0.4 is 4.84 Å². The summed E-state index contributed by atoms with van der Waals surface area (Å²) in [6.45, 7) is 0. The molecule has 0 saturated heterocycles. The molecule has 1 aliphatic heterocycles. The van der Waals surface area contributed by atoms with Gasteiger partial charge in [0.25, 0.3) is 0 Å². The Hall–Kier alpha value is -2.68. The molecule has 3 nitrogen and oxygen atoms in total. The minimum Gasteiger partial charge on any atom is -0.339 e. The number of hydrogen-bond donors (Lipinski definition) is 0. The number of allylic oxidation sites excluding steroid dienone is 8. The average molecular weight is 250 g/mol.